The molecule has 8 nitrogen and oxygen atoms in total. The minimum absolute atomic E-state index is 0.558. The van der Waals surface area contributed by atoms with Crippen LogP contribution in [-0.2, 0) is 0 Å². The van der Waals surface area contributed by atoms with Gasteiger partial charge in [-0.3, -0.25) is 0 Å². The molecule has 27 heavy (non-hydrogen) atoms. The van der Waals surface area contributed by atoms with Crippen LogP contribution in [0.4, 0.5) is 17.5 Å². The van der Waals surface area contributed by atoms with Gasteiger partial charge in [0.15, 0.2) is 11.5 Å². The van der Waals surface area contributed by atoms with Gasteiger partial charge >= 0.3 is 0 Å². The van der Waals surface area contributed by atoms with Gasteiger partial charge < -0.3 is 29.3 Å². The fourth-order valence-corrected chi connectivity index (χ4v) is 3.07. The quantitative estimate of drug-likeness (QED) is 0.827. The van der Waals surface area contributed by atoms with Gasteiger partial charge in [-0.2, -0.15) is 4.98 Å². The van der Waals surface area contributed by atoms with Crippen LogP contribution < -0.4 is 24.4 Å². The lowest BCUT2D eigenvalue weighted by molar-refractivity contribution is 0.311. The van der Waals surface area contributed by atoms with E-state index in [1.54, 1.807) is 21.3 Å². The predicted molar refractivity (Wildman–Crippen MR) is 106 cm³/mol. The Morgan fingerprint density at radius 1 is 0.889 bits per heavy atom. The van der Waals surface area contributed by atoms with Crippen molar-refractivity contribution in [2.45, 2.75) is 6.92 Å². The Labute approximate surface area is 160 Å². The normalized spacial score (nSPS) is 14.8. The van der Waals surface area contributed by atoms with Crippen molar-refractivity contribution in [2.24, 2.45) is 0 Å². The summed E-state index contributed by atoms with van der Waals surface area (Å²) < 4.78 is 16.2. The summed E-state index contributed by atoms with van der Waals surface area (Å²) in [6.45, 7) is 5.83. The molecule has 0 saturated carbocycles. The van der Waals surface area contributed by atoms with E-state index in [1.807, 2.05) is 25.1 Å². The number of anilines is 3. The summed E-state index contributed by atoms with van der Waals surface area (Å²) in [6.07, 6.45) is 0. The molecule has 0 radical (unpaired) electrons. The summed E-state index contributed by atoms with van der Waals surface area (Å²) in [5, 5.41) is 3.33. The van der Waals surface area contributed by atoms with Crippen LogP contribution in [0.25, 0.3) is 0 Å². The third kappa shape index (κ3) is 4.33. The number of aromatic nitrogens is 2. The molecular weight excluding hydrogens is 346 g/mol. The minimum atomic E-state index is 0.558. The van der Waals surface area contributed by atoms with Crippen LogP contribution >= 0.6 is 0 Å². The number of benzene rings is 1. The van der Waals surface area contributed by atoms with E-state index in [2.05, 4.69) is 27.1 Å². The highest BCUT2D eigenvalue weighted by Crippen LogP contribution is 2.40. The first-order chi connectivity index (χ1) is 13.0. The molecule has 1 fully saturated rings. The van der Waals surface area contributed by atoms with Gasteiger partial charge in [-0.15, -0.1) is 0 Å². The van der Waals surface area contributed by atoms with Gasteiger partial charge in [0.05, 0.1) is 21.3 Å². The number of methoxy groups -OCH3 is 3. The van der Waals surface area contributed by atoms with Crippen LogP contribution in [0.15, 0.2) is 18.2 Å². The molecule has 8 heteroatoms. The molecule has 1 aromatic carbocycles. The van der Waals surface area contributed by atoms with Crippen LogP contribution in [0.1, 0.15) is 5.69 Å². The lowest BCUT2D eigenvalue weighted by Crippen LogP contribution is -2.45. The highest BCUT2D eigenvalue weighted by Gasteiger charge is 2.18. The van der Waals surface area contributed by atoms with E-state index in [-0.39, 0.29) is 0 Å². The number of aryl methyl sites for hydroxylation is 1. The predicted octanol–water partition coefficient (Wildman–Crippen LogP) is 2.31. The van der Waals surface area contributed by atoms with Crippen molar-refractivity contribution < 1.29 is 14.2 Å². The molecule has 2 aromatic rings. The van der Waals surface area contributed by atoms with Gasteiger partial charge in [-0.1, -0.05) is 0 Å². The lowest BCUT2D eigenvalue weighted by atomic mass is 10.2. The van der Waals surface area contributed by atoms with Crippen molar-refractivity contribution in [1.29, 1.82) is 0 Å². The maximum Gasteiger partial charge on any atom is 0.227 e. The van der Waals surface area contributed by atoms with Crippen molar-refractivity contribution in [3.63, 3.8) is 0 Å². The van der Waals surface area contributed by atoms with Gasteiger partial charge in [0.25, 0.3) is 0 Å². The van der Waals surface area contributed by atoms with Crippen molar-refractivity contribution >= 4 is 17.5 Å². The Kier molecular flexibility index (Phi) is 5.85. The van der Waals surface area contributed by atoms with Crippen LogP contribution in [0.2, 0.25) is 0 Å². The number of ether oxygens (including phenoxy) is 3. The molecule has 1 saturated heterocycles. The molecule has 0 unspecified atom stereocenters. The standard InChI is InChI=1S/C19H27N5O3/c1-13-10-17(22-19(20-13)24-8-6-23(2)7-9-24)21-14-11-15(25-3)18(27-5)16(12-14)26-4/h10-12H,6-9H2,1-5H3,(H,20,21,22). The number of rotatable bonds is 6. The summed E-state index contributed by atoms with van der Waals surface area (Å²) >= 11 is 0. The SMILES string of the molecule is COc1cc(Nc2cc(C)nc(N3CCN(C)CC3)n2)cc(OC)c1OC. The molecule has 0 amide bonds. The highest BCUT2D eigenvalue weighted by molar-refractivity contribution is 5.67. The third-order valence-electron chi connectivity index (χ3n) is 4.57. The molecule has 1 aromatic heterocycles. The topological polar surface area (TPSA) is 72.0 Å². The molecule has 1 aliphatic heterocycles. The molecular formula is C19H27N5O3. The first-order valence-electron chi connectivity index (χ1n) is 8.90. The van der Waals surface area contributed by atoms with Crippen molar-refractivity contribution in [3.8, 4) is 17.2 Å². The number of nitrogens with zero attached hydrogens (tertiary/aromatic N) is 4. The number of piperazine rings is 1. The molecule has 1 aliphatic rings. The zero-order valence-electron chi connectivity index (χ0n) is 16.6. The monoisotopic (exact) mass is 373 g/mol. The average Bonchev–Trinajstić information content (AvgIpc) is 2.67. The zero-order chi connectivity index (χ0) is 19.4. The number of hydrogen-bond donors (Lipinski definition) is 1. The summed E-state index contributed by atoms with van der Waals surface area (Å²) in [6, 6.07) is 5.63. The molecule has 0 spiro atoms. The van der Waals surface area contributed by atoms with E-state index in [0.717, 1.165) is 49.3 Å². The van der Waals surface area contributed by atoms with E-state index in [1.165, 1.54) is 0 Å². The molecule has 0 aliphatic carbocycles. The Morgan fingerprint density at radius 3 is 2.07 bits per heavy atom. The molecule has 0 bridgehead atoms. The second-order valence-electron chi connectivity index (χ2n) is 6.52. The Balaban J connectivity index is 1.87. The van der Waals surface area contributed by atoms with Crippen molar-refractivity contribution in [3.05, 3.63) is 23.9 Å². The fourth-order valence-electron chi connectivity index (χ4n) is 3.07. The lowest BCUT2D eigenvalue weighted by Gasteiger charge is -2.32. The highest BCUT2D eigenvalue weighted by atomic mass is 16.5. The summed E-state index contributed by atoms with van der Waals surface area (Å²) in [5.74, 6) is 3.21. The van der Waals surface area contributed by atoms with Crippen LogP contribution in [-0.4, -0.2) is 69.4 Å². The average molecular weight is 373 g/mol. The van der Waals surface area contributed by atoms with Crippen LogP contribution in [0, 0.1) is 6.92 Å². The van der Waals surface area contributed by atoms with E-state index in [9.17, 15) is 0 Å². The summed E-state index contributed by atoms with van der Waals surface area (Å²) in [7, 11) is 6.91. The second kappa shape index (κ2) is 8.30. The molecule has 146 valence electrons. The first-order valence-corrected chi connectivity index (χ1v) is 8.90. The van der Waals surface area contributed by atoms with Gasteiger partial charge in [0.2, 0.25) is 11.7 Å². The van der Waals surface area contributed by atoms with Crippen LogP contribution in [0.5, 0.6) is 17.2 Å². The Hall–Kier alpha value is -2.74. The number of hydrogen-bond acceptors (Lipinski definition) is 8. The third-order valence-corrected chi connectivity index (χ3v) is 4.57. The maximum atomic E-state index is 5.42. The van der Waals surface area contributed by atoms with E-state index < -0.39 is 0 Å². The second-order valence-corrected chi connectivity index (χ2v) is 6.52. The molecule has 0 atom stereocenters. The van der Waals surface area contributed by atoms with Gasteiger partial charge in [-0.05, 0) is 14.0 Å². The van der Waals surface area contributed by atoms with E-state index >= 15 is 0 Å². The smallest absolute Gasteiger partial charge is 0.227 e. The van der Waals surface area contributed by atoms with Crippen molar-refractivity contribution in [1.82, 2.24) is 14.9 Å². The van der Waals surface area contributed by atoms with Gasteiger partial charge in [0, 0.05) is 55.8 Å². The molecule has 3 rings (SSSR count). The van der Waals surface area contributed by atoms with Crippen molar-refractivity contribution in [2.75, 3.05) is 64.8 Å². The Bertz CT molecular complexity index is 766. The number of likely N-dealkylation sites (N-methyl/N-ethyl adjacent to an activating group) is 1. The van der Waals surface area contributed by atoms with E-state index in [0.29, 0.717) is 17.2 Å². The van der Waals surface area contributed by atoms with Crippen LogP contribution in [0.3, 0.4) is 0 Å². The Morgan fingerprint density at radius 2 is 1.52 bits per heavy atom. The molecule has 1 N–H and O–H groups in total. The van der Waals surface area contributed by atoms with E-state index in [4.69, 9.17) is 19.2 Å². The molecule has 2 heterocycles. The number of nitrogens with one attached hydrogen (secondary N) is 1. The minimum Gasteiger partial charge on any atom is -0.493 e. The first kappa shape index (κ1) is 19.0. The zero-order valence-corrected chi connectivity index (χ0v) is 16.6. The maximum absolute atomic E-state index is 5.42. The van der Waals surface area contributed by atoms with Gasteiger partial charge in [-0.25, -0.2) is 4.98 Å². The fraction of sp³-hybridized carbons (Fsp3) is 0.474. The van der Waals surface area contributed by atoms with Gasteiger partial charge in [0.1, 0.15) is 5.82 Å². The summed E-state index contributed by atoms with van der Waals surface area (Å²) in [5.41, 5.74) is 1.71. The summed E-state index contributed by atoms with van der Waals surface area (Å²) in [4.78, 5) is 13.8. The largest absolute Gasteiger partial charge is 0.493 e.